The molecule has 1 N–H and O–H groups in total. The van der Waals surface area contributed by atoms with Gasteiger partial charge in [-0.25, -0.2) is 9.97 Å². The van der Waals surface area contributed by atoms with E-state index in [4.69, 9.17) is 0 Å². The topological polar surface area (TPSA) is 53.9 Å². The molecule has 34 heavy (non-hydrogen) atoms. The fraction of sp³-hybridized carbons (Fsp3) is 0.318. The van der Waals surface area contributed by atoms with Crippen molar-refractivity contribution in [3.63, 3.8) is 0 Å². The third-order valence-corrected chi connectivity index (χ3v) is 5.49. The molecular formula is C22H18F7N5. The number of hydrogen-bond acceptors (Lipinski definition) is 5. The first-order chi connectivity index (χ1) is 16.0. The van der Waals surface area contributed by atoms with Gasteiger partial charge in [0.25, 0.3) is 0 Å². The smallest absolute Gasteiger partial charge is 0.363 e. The lowest BCUT2D eigenvalue weighted by molar-refractivity contribution is -0.141. The molecule has 5 nitrogen and oxygen atoms in total. The molecule has 1 aliphatic rings. The number of rotatable bonds is 5. The van der Waals surface area contributed by atoms with Crippen molar-refractivity contribution in [1.82, 2.24) is 15.0 Å². The minimum absolute atomic E-state index is 0.00885. The summed E-state index contributed by atoms with van der Waals surface area (Å²) in [5, 5.41) is 2.73. The van der Waals surface area contributed by atoms with Crippen molar-refractivity contribution >= 4 is 11.6 Å². The van der Waals surface area contributed by atoms with Crippen LogP contribution in [0.1, 0.15) is 41.3 Å². The van der Waals surface area contributed by atoms with Crippen LogP contribution in [-0.2, 0) is 18.9 Å². The van der Waals surface area contributed by atoms with Crippen LogP contribution in [0.15, 0.2) is 48.9 Å². The van der Waals surface area contributed by atoms with E-state index in [1.54, 1.807) is 4.90 Å². The summed E-state index contributed by atoms with van der Waals surface area (Å²) >= 11 is 0. The summed E-state index contributed by atoms with van der Waals surface area (Å²) in [6, 6.07) is 6.43. The molecule has 1 fully saturated rings. The molecule has 1 atom stereocenters. The lowest BCUT2D eigenvalue weighted by atomic mass is 10.0. The highest BCUT2D eigenvalue weighted by Gasteiger charge is 2.34. The van der Waals surface area contributed by atoms with Gasteiger partial charge >= 0.3 is 12.4 Å². The molecule has 0 spiro atoms. The molecule has 4 rings (SSSR count). The third-order valence-electron chi connectivity index (χ3n) is 5.49. The van der Waals surface area contributed by atoms with E-state index in [1.165, 1.54) is 18.2 Å². The van der Waals surface area contributed by atoms with E-state index in [0.29, 0.717) is 30.5 Å². The van der Waals surface area contributed by atoms with Crippen LogP contribution in [0.3, 0.4) is 0 Å². The fourth-order valence-corrected chi connectivity index (χ4v) is 3.83. The summed E-state index contributed by atoms with van der Waals surface area (Å²) in [6.45, 7) is 0.419. The average molecular weight is 485 g/mol. The molecular weight excluding hydrogens is 467 g/mol. The molecule has 2 aromatic heterocycles. The van der Waals surface area contributed by atoms with Crippen LogP contribution in [0, 0.1) is 5.82 Å². The number of nitrogens with zero attached hydrogens (tertiary/aromatic N) is 4. The third kappa shape index (κ3) is 5.05. The zero-order chi connectivity index (χ0) is 24.5. The van der Waals surface area contributed by atoms with Crippen LogP contribution in [-0.4, -0.2) is 21.5 Å². The standard InChI is InChI=1S/C22H18F7N5/c23-18-19(31-11-13-3-8-17(30-10-13)22(27,28)29)32-12-33-20(18)34-9-1-2-16(34)14-4-6-15(7-5-14)21(24,25)26/h3-8,10,12,16H,1-2,9,11H2,(H,31,32,33). The molecule has 1 aliphatic heterocycles. The van der Waals surface area contributed by atoms with Crippen molar-refractivity contribution < 1.29 is 30.7 Å². The monoisotopic (exact) mass is 485 g/mol. The van der Waals surface area contributed by atoms with E-state index in [9.17, 15) is 26.3 Å². The number of benzene rings is 1. The lowest BCUT2D eigenvalue weighted by Gasteiger charge is -2.27. The predicted molar refractivity (Wildman–Crippen MR) is 109 cm³/mol. The van der Waals surface area contributed by atoms with E-state index >= 15 is 4.39 Å². The lowest BCUT2D eigenvalue weighted by Crippen LogP contribution is -2.25. The van der Waals surface area contributed by atoms with E-state index < -0.39 is 29.4 Å². The SMILES string of the molecule is Fc1c(NCc2ccc(C(F)(F)F)nc2)ncnc1N1CCCC1c1ccc(C(F)(F)F)cc1. The molecule has 0 radical (unpaired) electrons. The van der Waals surface area contributed by atoms with Crippen LogP contribution < -0.4 is 10.2 Å². The van der Waals surface area contributed by atoms with Gasteiger partial charge in [-0.2, -0.15) is 30.7 Å². The summed E-state index contributed by atoms with van der Waals surface area (Å²) in [6.07, 6.45) is -5.52. The Labute approximate surface area is 189 Å². The Bertz CT molecular complexity index is 1130. The Hall–Kier alpha value is -3.44. The summed E-state index contributed by atoms with van der Waals surface area (Å²) in [5.74, 6) is -0.922. The fourth-order valence-electron chi connectivity index (χ4n) is 3.83. The average Bonchev–Trinajstić information content (AvgIpc) is 3.27. The molecule has 1 unspecified atom stereocenters. The first-order valence-corrected chi connectivity index (χ1v) is 10.2. The molecule has 3 aromatic rings. The summed E-state index contributed by atoms with van der Waals surface area (Å²) in [7, 11) is 0. The van der Waals surface area contributed by atoms with E-state index in [1.807, 2.05) is 0 Å². The number of anilines is 2. The number of alkyl halides is 6. The second kappa shape index (κ2) is 9.07. The van der Waals surface area contributed by atoms with Crippen molar-refractivity contribution in [3.05, 3.63) is 77.1 Å². The van der Waals surface area contributed by atoms with Gasteiger partial charge in [-0.15, -0.1) is 0 Å². The summed E-state index contributed by atoms with van der Waals surface area (Å²) < 4.78 is 91.7. The minimum Gasteiger partial charge on any atom is -0.363 e. The maximum absolute atomic E-state index is 15.2. The Balaban J connectivity index is 1.50. The Morgan fingerprint density at radius 1 is 0.912 bits per heavy atom. The molecule has 0 aliphatic carbocycles. The largest absolute Gasteiger partial charge is 0.433 e. The van der Waals surface area contributed by atoms with Gasteiger partial charge in [-0.1, -0.05) is 18.2 Å². The second-order valence-corrected chi connectivity index (χ2v) is 7.73. The van der Waals surface area contributed by atoms with Crippen LogP contribution >= 0.6 is 0 Å². The predicted octanol–water partition coefficient (Wildman–Crippen LogP) is 6.00. The van der Waals surface area contributed by atoms with Crippen LogP contribution in [0.4, 0.5) is 42.4 Å². The van der Waals surface area contributed by atoms with Crippen molar-refractivity contribution in [1.29, 1.82) is 0 Å². The van der Waals surface area contributed by atoms with Gasteiger partial charge in [-0.3, -0.25) is 4.98 Å². The van der Waals surface area contributed by atoms with Crippen molar-refractivity contribution in [3.8, 4) is 0 Å². The van der Waals surface area contributed by atoms with E-state index in [0.717, 1.165) is 30.7 Å². The first kappa shape index (κ1) is 23.7. The number of hydrogen-bond donors (Lipinski definition) is 1. The maximum Gasteiger partial charge on any atom is 0.433 e. The van der Waals surface area contributed by atoms with Crippen molar-refractivity contribution in [2.45, 2.75) is 37.8 Å². The molecule has 0 bridgehead atoms. The summed E-state index contributed by atoms with van der Waals surface area (Å²) in [5.41, 5.74) is -0.807. The normalized spacial score (nSPS) is 16.7. The molecule has 180 valence electrons. The quantitative estimate of drug-likeness (QED) is 0.449. The Morgan fingerprint density at radius 3 is 2.26 bits per heavy atom. The molecule has 0 amide bonds. The van der Waals surface area contributed by atoms with Crippen LogP contribution in [0.25, 0.3) is 0 Å². The van der Waals surface area contributed by atoms with Gasteiger partial charge < -0.3 is 10.2 Å². The zero-order valence-corrected chi connectivity index (χ0v) is 17.5. The van der Waals surface area contributed by atoms with E-state index in [-0.39, 0.29) is 24.2 Å². The molecule has 3 heterocycles. The summed E-state index contributed by atoms with van der Waals surface area (Å²) in [4.78, 5) is 12.9. The molecule has 1 aromatic carbocycles. The number of pyridine rings is 1. The van der Waals surface area contributed by atoms with Gasteiger partial charge in [0.2, 0.25) is 5.82 Å². The van der Waals surface area contributed by atoms with Crippen molar-refractivity contribution in [2.75, 3.05) is 16.8 Å². The molecule has 1 saturated heterocycles. The van der Waals surface area contributed by atoms with Gasteiger partial charge in [0.15, 0.2) is 11.6 Å². The van der Waals surface area contributed by atoms with Gasteiger partial charge in [0.05, 0.1) is 11.6 Å². The van der Waals surface area contributed by atoms with Gasteiger partial charge in [-0.05, 0) is 42.2 Å². The number of halogens is 7. The van der Waals surface area contributed by atoms with Crippen molar-refractivity contribution in [2.24, 2.45) is 0 Å². The maximum atomic E-state index is 15.2. The molecule has 12 heteroatoms. The van der Waals surface area contributed by atoms with Gasteiger partial charge in [0, 0.05) is 19.3 Å². The van der Waals surface area contributed by atoms with Crippen LogP contribution in [0.2, 0.25) is 0 Å². The minimum atomic E-state index is -4.56. The Kier molecular flexibility index (Phi) is 6.32. The first-order valence-electron chi connectivity index (χ1n) is 10.2. The molecule has 0 saturated carbocycles. The van der Waals surface area contributed by atoms with E-state index in [2.05, 4.69) is 20.3 Å². The van der Waals surface area contributed by atoms with Gasteiger partial charge in [0.1, 0.15) is 12.0 Å². The highest BCUT2D eigenvalue weighted by Crippen LogP contribution is 2.38. The second-order valence-electron chi connectivity index (χ2n) is 7.73. The number of aromatic nitrogens is 3. The Morgan fingerprint density at radius 2 is 1.65 bits per heavy atom. The zero-order valence-electron chi connectivity index (χ0n) is 17.5. The number of nitrogens with one attached hydrogen (secondary N) is 1. The highest BCUT2D eigenvalue weighted by atomic mass is 19.4. The van der Waals surface area contributed by atoms with Crippen LogP contribution in [0.5, 0.6) is 0 Å². The highest BCUT2D eigenvalue weighted by molar-refractivity contribution is 5.53.